The summed E-state index contributed by atoms with van der Waals surface area (Å²) >= 11 is 0.273. The summed E-state index contributed by atoms with van der Waals surface area (Å²) in [6.07, 6.45) is 7.22. The van der Waals surface area contributed by atoms with Crippen molar-refractivity contribution in [1.82, 2.24) is 29.4 Å². The Balaban J connectivity index is 1.38. The molecule has 2 aromatic carbocycles. The number of halogens is 3. The van der Waals surface area contributed by atoms with Gasteiger partial charge in [0.1, 0.15) is 29.2 Å². The number of nitrogens with one attached hydrogen (secondary N) is 1. The maximum atomic E-state index is 13.5. The summed E-state index contributed by atoms with van der Waals surface area (Å²) in [5.74, 6) is -2.36. The van der Waals surface area contributed by atoms with Crippen LogP contribution in [0.25, 0.3) is 33.3 Å². The van der Waals surface area contributed by atoms with E-state index in [1.54, 1.807) is 48.1 Å². The number of nitrogens with zero attached hydrogens (tertiary/aromatic N) is 6. The van der Waals surface area contributed by atoms with Gasteiger partial charge in [0.15, 0.2) is 0 Å². The van der Waals surface area contributed by atoms with Crippen LogP contribution >= 0.6 is 11.9 Å². The zero-order valence-electron chi connectivity index (χ0n) is 24.5. The molecular formula is C31H33F3N8OS. The van der Waals surface area contributed by atoms with Crippen molar-refractivity contribution in [2.45, 2.75) is 37.7 Å². The molecule has 1 fully saturated rings. The zero-order valence-corrected chi connectivity index (χ0v) is 25.4. The van der Waals surface area contributed by atoms with Crippen molar-refractivity contribution in [2.75, 3.05) is 30.6 Å². The normalized spacial score (nSPS) is 15.2. The number of benzene rings is 2. The SMILES string of the molecule is CC(Oc1cc(-c2nn(C)c3c(-c4cnn(C5CCN(C)CC5)c4)cnc(N)c23)ccc1NSC(F)F)c1ccc(F)cc1. The van der Waals surface area contributed by atoms with Crippen LogP contribution in [0.3, 0.4) is 0 Å². The maximum Gasteiger partial charge on any atom is 0.302 e. The van der Waals surface area contributed by atoms with Crippen molar-refractivity contribution in [1.29, 1.82) is 0 Å². The smallest absolute Gasteiger partial charge is 0.302 e. The van der Waals surface area contributed by atoms with E-state index in [2.05, 4.69) is 32.9 Å². The lowest BCUT2D eigenvalue weighted by Gasteiger charge is -2.28. The highest BCUT2D eigenvalue weighted by Crippen LogP contribution is 2.41. The van der Waals surface area contributed by atoms with Crippen LogP contribution in [0.5, 0.6) is 5.75 Å². The fourth-order valence-corrected chi connectivity index (χ4v) is 6.02. The highest BCUT2D eigenvalue weighted by Gasteiger charge is 2.23. The number of aromatic nitrogens is 5. The van der Waals surface area contributed by atoms with E-state index in [1.165, 1.54) is 12.1 Å². The van der Waals surface area contributed by atoms with E-state index in [-0.39, 0.29) is 17.8 Å². The molecule has 0 bridgehead atoms. The predicted octanol–water partition coefficient (Wildman–Crippen LogP) is 6.91. The summed E-state index contributed by atoms with van der Waals surface area (Å²) < 4.78 is 52.4. The molecule has 0 aliphatic carbocycles. The predicted molar refractivity (Wildman–Crippen MR) is 168 cm³/mol. The first kappa shape index (κ1) is 29.8. The number of ether oxygens (including phenoxy) is 1. The fraction of sp³-hybridized carbons (Fsp3) is 0.323. The van der Waals surface area contributed by atoms with E-state index in [0.717, 1.165) is 48.1 Å². The van der Waals surface area contributed by atoms with Gasteiger partial charge in [-0.15, -0.1) is 0 Å². The molecule has 0 radical (unpaired) electrons. The maximum absolute atomic E-state index is 13.5. The van der Waals surface area contributed by atoms with E-state index in [4.69, 9.17) is 15.6 Å². The van der Waals surface area contributed by atoms with Gasteiger partial charge in [-0.1, -0.05) is 18.2 Å². The summed E-state index contributed by atoms with van der Waals surface area (Å²) in [6.45, 7) is 3.87. The molecule has 1 saturated heterocycles. The molecule has 5 aromatic rings. The number of hydrogen-bond acceptors (Lipinski definition) is 8. The molecule has 9 nitrogen and oxygen atoms in total. The Labute approximate surface area is 257 Å². The molecule has 44 heavy (non-hydrogen) atoms. The molecule has 1 aliphatic rings. The molecule has 6 rings (SSSR count). The first-order valence-electron chi connectivity index (χ1n) is 14.3. The highest BCUT2D eigenvalue weighted by molar-refractivity contribution is 8.00. The second kappa shape index (κ2) is 12.4. The molecule has 3 aromatic heterocycles. The van der Waals surface area contributed by atoms with Crippen molar-refractivity contribution in [3.63, 3.8) is 0 Å². The third kappa shape index (κ3) is 6.06. The van der Waals surface area contributed by atoms with Gasteiger partial charge in [-0.3, -0.25) is 9.36 Å². The molecule has 4 heterocycles. The molecule has 1 aliphatic heterocycles. The summed E-state index contributed by atoms with van der Waals surface area (Å²) in [6, 6.07) is 11.5. The largest absolute Gasteiger partial charge is 0.484 e. The van der Waals surface area contributed by atoms with Gasteiger partial charge in [0, 0.05) is 48.1 Å². The molecule has 3 N–H and O–H groups in total. The number of alkyl halides is 2. The molecule has 0 saturated carbocycles. The lowest BCUT2D eigenvalue weighted by atomic mass is 10.0. The highest BCUT2D eigenvalue weighted by atomic mass is 32.2. The zero-order chi connectivity index (χ0) is 31.0. The molecule has 230 valence electrons. The second-order valence-electron chi connectivity index (χ2n) is 11.0. The molecule has 1 unspecified atom stereocenters. The van der Waals surface area contributed by atoms with Crippen molar-refractivity contribution in [3.05, 3.63) is 72.4 Å². The molecule has 1 atom stereocenters. The van der Waals surface area contributed by atoms with Crippen LogP contribution in [0.15, 0.2) is 61.1 Å². The van der Waals surface area contributed by atoms with Crippen LogP contribution in [0, 0.1) is 5.82 Å². The van der Waals surface area contributed by atoms with Crippen molar-refractivity contribution >= 4 is 34.4 Å². The van der Waals surface area contributed by atoms with Gasteiger partial charge in [-0.05, 0) is 69.7 Å². The molecule has 0 amide bonds. The van der Waals surface area contributed by atoms with E-state index in [1.807, 2.05) is 17.9 Å². The third-order valence-electron chi connectivity index (χ3n) is 8.02. The fourth-order valence-electron chi connectivity index (χ4n) is 5.64. The summed E-state index contributed by atoms with van der Waals surface area (Å²) in [7, 11) is 3.98. The van der Waals surface area contributed by atoms with Gasteiger partial charge in [-0.2, -0.15) is 19.0 Å². The van der Waals surface area contributed by atoms with E-state index in [9.17, 15) is 13.2 Å². The number of fused-ring (bicyclic) bond motifs is 1. The number of nitrogen functional groups attached to an aromatic ring is 1. The van der Waals surface area contributed by atoms with Crippen LogP contribution in [0.1, 0.15) is 37.5 Å². The van der Waals surface area contributed by atoms with Crippen LogP contribution in [-0.2, 0) is 7.05 Å². The van der Waals surface area contributed by atoms with Crippen molar-refractivity contribution < 1.29 is 17.9 Å². The average molecular weight is 623 g/mol. The Kier molecular flexibility index (Phi) is 8.41. The van der Waals surface area contributed by atoms with Crippen LogP contribution in [-0.4, -0.2) is 55.3 Å². The molecular weight excluding hydrogens is 589 g/mol. The van der Waals surface area contributed by atoms with Crippen molar-refractivity contribution in [2.24, 2.45) is 7.05 Å². The number of pyridine rings is 1. The lowest BCUT2D eigenvalue weighted by molar-refractivity contribution is 0.212. The summed E-state index contributed by atoms with van der Waals surface area (Å²) in [4.78, 5) is 6.84. The number of rotatable bonds is 9. The Bertz CT molecular complexity index is 1770. The standard InChI is InChI=1S/C31H33F3N8OS/c1-18(19-4-7-22(32)8-5-19)43-26-14-20(6-9-25(26)39-44-31(33)34)28-27-29(41(3)38-28)24(16-36-30(27)35)21-15-37-42(17-21)23-10-12-40(2)13-11-23/h4-9,14-18,23,31,39H,10-13H2,1-3H3,(H2,35,36). The van der Waals surface area contributed by atoms with E-state index < -0.39 is 11.9 Å². The lowest BCUT2D eigenvalue weighted by Crippen LogP contribution is -2.31. The number of aryl methyl sites for hydroxylation is 1. The minimum absolute atomic E-state index is 0.273. The van der Waals surface area contributed by atoms with Gasteiger partial charge < -0.3 is 20.1 Å². The quantitative estimate of drug-likeness (QED) is 0.171. The van der Waals surface area contributed by atoms with E-state index >= 15 is 0 Å². The summed E-state index contributed by atoms with van der Waals surface area (Å²) in [5.41, 5.74) is 11.3. The van der Waals surface area contributed by atoms with Gasteiger partial charge >= 0.3 is 5.76 Å². The first-order valence-corrected chi connectivity index (χ1v) is 15.2. The van der Waals surface area contributed by atoms with Gasteiger partial charge in [0.05, 0.1) is 28.8 Å². The average Bonchev–Trinajstić information content (AvgIpc) is 3.63. The third-order valence-corrected chi connectivity index (χ3v) is 8.54. The van der Waals surface area contributed by atoms with Gasteiger partial charge in [0.2, 0.25) is 0 Å². The van der Waals surface area contributed by atoms with Crippen LogP contribution < -0.4 is 15.2 Å². The number of likely N-dealkylation sites (tertiary alicyclic amines) is 1. The number of nitrogens with two attached hydrogens (primary N) is 1. The van der Waals surface area contributed by atoms with Gasteiger partial charge in [0.25, 0.3) is 0 Å². The number of hydrogen-bond donors (Lipinski definition) is 2. The topological polar surface area (TPSA) is 99.0 Å². The minimum Gasteiger partial charge on any atom is -0.484 e. The minimum atomic E-state index is -2.63. The molecule has 0 spiro atoms. The van der Waals surface area contributed by atoms with E-state index in [0.29, 0.717) is 39.9 Å². The number of anilines is 2. The monoisotopic (exact) mass is 622 g/mol. The Morgan fingerprint density at radius 2 is 1.80 bits per heavy atom. The molecule has 13 heteroatoms. The Morgan fingerprint density at radius 3 is 2.52 bits per heavy atom. The Morgan fingerprint density at radius 1 is 1.05 bits per heavy atom. The first-order chi connectivity index (χ1) is 21.2. The van der Waals surface area contributed by atoms with Crippen molar-refractivity contribution in [3.8, 4) is 28.1 Å². The Hall–Kier alpha value is -4.23. The van der Waals surface area contributed by atoms with Crippen LogP contribution in [0.2, 0.25) is 0 Å². The van der Waals surface area contributed by atoms with Crippen LogP contribution in [0.4, 0.5) is 24.7 Å². The second-order valence-corrected chi connectivity index (χ2v) is 11.8. The summed E-state index contributed by atoms with van der Waals surface area (Å²) in [5, 5.41) is 10.2. The van der Waals surface area contributed by atoms with Gasteiger partial charge in [-0.25, -0.2) is 9.37 Å². The number of piperidine rings is 1.